The Hall–Kier alpha value is -3.09. The molecule has 0 aliphatic rings. The number of benzene rings is 2. The van der Waals surface area contributed by atoms with Crippen molar-refractivity contribution in [3.8, 4) is 11.1 Å². The summed E-state index contributed by atoms with van der Waals surface area (Å²) in [4.78, 5) is 9.17. The summed E-state index contributed by atoms with van der Waals surface area (Å²) in [6.07, 6.45) is 4.58. The van der Waals surface area contributed by atoms with Gasteiger partial charge in [0.1, 0.15) is 0 Å². The monoisotopic (exact) mass is 490 g/mol. The van der Waals surface area contributed by atoms with Crippen LogP contribution in [-0.2, 0) is 16.9 Å². The van der Waals surface area contributed by atoms with Gasteiger partial charge < -0.3 is 0 Å². The average molecular weight is 490 g/mol. The molecule has 2 heterocycles. The summed E-state index contributed by atoms with van der Waals surface area (Å²) in [6.45, 7) is 1.28. The molecule has 0 aliphatic carbocycles. The van der Waals surface area contributed by atoms with E-state index in [2.05, 4.69) is 32.7 Å². The predicted octanol–water partition coefficient (Wildman–Crippen LogP) is 5.65. The Kier molecular flexibility index (Phi) is 8.27. The number of hydrogen-bond donors (Lipinski definition) is 2. The van der Waals surface area contributed by atoms with E-state index >= 15 is 0 Å². The quantitative estimate of drug-likeness (QED) is 0.210. The van der Waals surface area contributed by atoms with E-state index in [0.717, 1.165) is 29.2 Å². The van der Waals surface area contributed by atoms with Crippen molar-refractivity contribution in [2.75, 3.05) is 11.9 Å². The summed E-state index contributed by atoms with van der Waals surface area (Å²) in [7, 11) is 2.49. The minimum absolute atomic E-state index is 0.0646. The van der Waals surface area contributed by atoms with Gasteiger partial charge in [0.2, 0.25) is 0 Å². The summed E-state index contributed by atoms with van der Waals surface area (Å²) in [5, 5.41) is 7.76. The van der Waals surface area contributed by atoms with Gasteiger partial charge >= 0.3 is 177 Å². The summed E-state index contributed by atoms with van der Waals surface area (Å²) >= 11 is 0. The average Bonchev–Trinajstić information content (AvgIpc) is 2.88. The zero-order chi connectivity index (χ0) is 24.7. The van der Waals surface area contributed by atoms with E-state index in [1.165, 1.54) is 17.7 Å². The number of aromatic nitrogens is 2. The van der Waals surface area contributed by atoms with Gasteiger partial charge in [-0.2, -0.15) is 8.78 Å². The van der Waals surface area contributed by atoms with Gasteiger partial charge in [-0.25, -0.2) is 0 Å². The van der Waals surface area contributed by atoms with Crippen molar-refractivity contribution in [1.29, 1.82) is 0 Å². The van der Waals surface area contributed by atoms with Crippen LogP contribution in [0.15, 0.2) is 79.1 Å². The van der Waals surface area contributed by atoms with Gasteiger partial charge in [0.25, 0.3) is 5.66 Å². The molecule has 178 valence electrons. The fourth-order valence-electron chi connectivity index (χ4n) is 3.92. The van der Waals surface area contributed by atoms with Crippen molar-refractivity contribution in [1.82, 2.24) is 15.3 Å². The molecular formula is C26H26BF2N4OP. The van der Waals surface area contributed by atoms with E-state index in [1.54, 1.807) is 33.8 Å². The molecule has 2 unspecified atom stereocenters. The first-order chi connectivity index (χ1) is 17.0. The molecule has 0 saturated heterocycles. The maximum absolute atomic E-state index is 13.6. The first-order valence-corrected chi connectivity index (χ1v) is 12.0. The van der Waals surface area contributed by atoms with Gasteiger partial charge in [0.15, 0.2) is 0 Å². The number of halogens is 2. The molecule has 0 bridgehead atoms. The van der Waals surface area contributed by atoms with Gasteiger partial charge in [0.05, 0.1) is 0 Å². The topological polar surface area (TPSA) is 66.9 Å². The van der Waals surface area contributed by atoms with Crippen molar-refractivity contribution in [2.24, 2.45) is 0 Å². The third kappa shape index (κ3) is 6.53. The number of nitrogens with one attached hydrogen (secondary N) is 2. The van der Waals surface area contributed by atoms with Crippen LogP contribution in [0.3, 0.4) is 0 Å². The Labute approximate surface area is 206 Å². The summed E-state index contributed by atoms with van der Waals surface area (Å²) in [5.74, 6) is 0.683. The first kappa shape index (κ1) is 25.0. The normalized spacial score (nSPS) is 12.3. The zero-order valence-corrected chi connectivity index (χ0v) is 20.3. The Bertz CT molecular complexity index is 1270. The van der Waals surface area contributed by atoms with Gasteiger partial charge in [-0.15, -0.1) is 0 Å². The number of alkyl halides is 2. The fraction of sp³-hybridized carbons (Fsp3) is 0.231. The first-order valence-electron chi connectivity index (χ1n) is 11.4. The molecule has 0 aliphatic heterocycles. The number of rotatable bonds is 11. The Morgan fingerprint density at radius 1 is 1.00 bits per heavy atom. The molecule has 0 spiro atoms. The molecule has 2 aromatic heterocycles. The van der Waals surface area contributed by atoms with Crippen LogP contribution in [0.5, 0.6) is 0 Å². The molecule has 9 heteroatoms. The van der Waals surface area contributed by atoms with Crippen LogP contribution in [0.1, 0.15) is 17.5 Å². The predicted molar refractivity (Wildman–Crippen MR) is 140 cm³/mol. The number of anilines is 1. The summed E-state index contributed by atoms with van der Waals surface area (Å²) < 4.78 is 38.1. The van der Waals surface area contributed by atoms with Gasteiger partial charge in [0, 0.05) is 5.56 Å². The number of fused-ring (bicyclic) bond motifs is 1. The minimum atomic E-state index is -2.97. The van der Waals surface area contributed by atoms with Gasteiger partial charge in [-0.05, 0) is 0 Å². The van der Waals surface area contributed by atoms with Crippen molar-refractivity contribution in [3.05, 3.63) is 90.3 Å². The molecule has 5 nitrogen and oxygen atoms in total. The SMILES string of the molecule is O=BCCC(CNc1ncc(-c2ccc(C(F)(F)P)cc2)c2ncccc12)NCc1ccccc1. The van der Waals surface area contributed by atoms with E-state index < -0.39 is 5.66 Å². The van der Waals surface area contributed by atoms with E-state index in [1.807, 2.05) is 30.3 Å². The number of nitrogens with zero attached hydrogens (tertiary/aromatic N) is 2. The van der Waals surface area contributed by atoms with Crippen molar-refractivity contribution in [2.45, 2.75) is 31.0 Å². The summed E-state index contributed by atoms with van der Waals surface area (Å²) in [6, 6.07) is 20.1. The standard InChI is InChI=1S/C26H26BF2N4OP/c28-26(29,35)20-10-8-19(9-11-20)23-17-33-25(22-7-4-14-30-24(22)23)32-16-21(12-13-27-34)31-15-18-5-2-1-3-6-18/h1-11,14,17,21,31H,12-13,15-16,35H2,(H,32,33). The molecule has 2 N–H and O–H groups in total. The molecule has 2 aromatic carbocycles. The third-order valence-corrected chi connectivity index (χ3v) is 6.14. The summed E-state index contributed by atoms with van der Waals surface area (Å²) in [5.41, 5.74) is 0.394. The van der Waals surface area contributed by atoms with Crippen molar-refractivity contribution in [3.63, 3.8) is 0 Å². The molecule has 0 radical (unpaired) electrons. The van der Waals surface area contributed by atoms with Gasteiger partial charge in [-0.3, -0.25) is 0 Å². The van der Waals surface area contributed by atoms with Crippen LogP contribution >= 0.6 is 9.24 Å². The Balaban J connectivity index is 1.53. The zero-order valence-electron chi connectivity index (χ0n) is 19.1. The molecule has 4 aromatic rings. The molecule has 0 amide bonds. The van der Waals surface area contributed by atoms with Crippen LogP contribution in [0, 0.1) is 0 Å². The van der Waals surface area contributed by atoms with Crippen molar-refractivity contribution < 1.29 is 13.5 Å². The number of pyridine rings is 2. The van der Waals surface area contributed by atoms with E-state index in [0.29, 0.717) is 31.6 Å². The second-order valence-electron chi connectivity index (χ2n) is 8.31. The van der Waals surface area contributed by atoms with Crippen molar-refractivity contribution >= 4 is 33.1 Å². The second-order valence-corrected chi connectivity index (χ2v) is 9.03. The fourth-order valence-corrected chi connectivity index (χ4v) is 4.11. The van der Waals surface area contributed by atoms with Gasteiger partial charge in [-0.1, -0.05) is 9.24 Å². The van der Waals surface area contributed by atoms with E-state index in [-0.39, 0.29) is 11.6 Å². The van der Waals surface area contributed by atoms with E-state index in [9.17, 15) is 13.5 Å². The van der Waals surface area contributed by atoms with Crippen LogP contribution < -0.4 is 10.6 Å². The Morgan fingerprint density at radius 2 is 1.77 bits per heavy atom. The second kappa shape index (κ2) is 11.6. The van der Waals surface area contributed by atoms with Crippen LogP contribution in [-0.4, -0.2) is 29.7 Å². The molecule has 2 atom stereocenters. The maximum atomic E-state index is 13.6. The molecule has 4 rings (SSSR count). The van der Waals surface area contributed by atoms with E-state index in [4.69, 9.17) is 0 Å². The third-order valence-electron chi connectivity index (χ3n) is 5.81. The molecule has 35 heavy (non-hydrogen) atoms. The molecule has 0 saturated carbocycles. The molecule has 0 fully saturated rings. The van der Waals surface area contributed by atoms with Crippen LogP contribution in [0.25, 0.3) is 22.0 Å². The van der Waals surface area contributed by atoms with Crippen LogP contribution in [0.4, 0.5) is 14.6 Å². The number of hydrogen-bond acceptors (Lipinski definition) is 5. The molecular weight excluding hydrogens is 464 g/mol. The van der Waals surface area contributed by atoms with Crippen LogP contribution in [0.2, 0.25) is 6.32 Å². The Morgan fingerprint density at radius 3 is 2.49 bits per heavy atom.